The number of ether oxygens (including phenoxy) is 1. The number of nitrogens with zero attached hydrogens (tertiary/aromatic N) is 4. The van der Waals surface area contributed by atoms with Crippen molar-refractivity contribution < 1.29 is 19.5 Å². The van der Waals surface area contributed by atoms with Crippen molar-refractivity contribution in [3.05, 3.63) is 17.5 Å². The van der Waals surface area contributed by atoms with E-state index in [1.54, 1.807) is 0 Å². The first-order valence-corrected chi connectivity index (χ1v) is 10.1. The van der Waals surface area contributed by atoms with Crippen LogP contribution in [0.4, 0.5) is 5.95 Å². The van der Waals surface area contributed by atoms with E-state index in [0.29, 0.717) is 43.6 Å². The van der Waals surface area contributed by atoms with Crippen LogP contribution in [0.25, 0.3) is 0 Å². The van der Waals surface area contributed by atoms with Gasteiger partial charge in [-0.1, -0.05) is 26.2 Å². The van der Waals surface area contributed by atoms with E-state index in [4.69, 9.17) is 4.74 Å². The number of carbonyl (C=O) groups excluding carboxylic acids is 2. The zero-order valence-corrected chi connectivity index (χ0v) is 17.3. The van der Waals surface area contributed by atoms with Gasteiger partial charge in [0.15, 0.2) is 0 Å². The normalized spacial score (nSPS) is 15.6. The largest absolute Gasteiger partial charge is 0.379 e. The first-order valence-electron chi connectivity index (χ1n) is 10.1. The third-order valence-corrected chi connectivity index (χ3v) is 4.75. The molecule has 2 heterocycles. The van der Waals surface area contributed by atoms with Crippen LogP contribution in [0, 0.1) is 12.8 Å². The van der Waals surface area contributed by atoms with Crippen LogP contribution in [0.5, 0.6) is 0 Å². The Kier molecular flexibility index (Phi) is 9.75. The van der Waals surface area contributed by atoms with Gasteiger partial charge >= 0.3 is 0 Å². The summed E-state index contributed by atoms with van der Waals surface area (Å²) in [5.41, 5.74) is 7.04. The first kappa shape index (κ1) is 23.0. The zero-order valence-electron chi connectivity index (χ0n) is 17.3. The number of aromatic nitrogens is 2. The zero-order chi connectivity index (χ0) is 21.1. The molecule has 1 fully saturated rings. The molecule has 3 N–H and O–H groups in total. The average Bonchev–Trinajstić information content (AvgIpc) is 2.71. The lowest BCUT2D eigenvalue weighted by atomic mass is 10.0. The molecule has 1 aromatic heterocycles. The summed E-state index contributed by atoms with van der Waals surface area (Å²) in [6.45, 7) is 7.72. The molecular weight excluding hydrogens is 376 g/mol. The van der Waals surface area contributed by atoms with Crippen molar-refractivity contribution >= 4 is 18.3 Å². The number of hydrogen-bond donors (Lipinski definition) is 3. The molecule has 0 spiro atoms. The molecular formula is C19H32N6O4. The van der Waals surface area contributed by atoms with Crippen LogP contribution in [0.1, 0.15) is 44.0 Å². The van der Waals surface area contributed by atoms with Gasteiger partial charge in [-0.05, 0) is 19.4 Å². The SMILES string of the molecule is CCCCC[C@@H](CN(O)C=O)C(=O)NNc1nc(C)cc(CN2CCOCC2)n1. The Balaban J connectivity index is 1.94. The molecule has 1 aliphatic heterocycles. The maximum Gasteiger partial charge on any atom is 0.243 e. The van der Waals surface area contributed by atoms with E-state index in [1.165, 1.54) is 0 Å². The lowest BCUT2D eigenvalue weighted by Gasteiger charge is -2.26. The van der Waals surface area contributed by atoms with Gasteiger partial charge in [0.1, 0.15) is 0 Å². The van der Waals surface area contributed by atoms with Crippen molar-refractivity contribution in [3.63, 3.8) is 0 Å². The third kappa shape index (κ3) is 8.30. The fourth-order valence-electron chi connectivity index (χ4n) is 3.19. The summed E-state index contributed by atoms with van der Waals surface area (Å²) >= 11 is 0. The Morgan fingerprint density at radius 2 is 2.14 bits per heavy atom. The van der Waals surface area contributed by atoms with Gasteiger partial charge in [0.2, 0.25) is 18.3 Å². The Hall–Kier alpha value is -2.30. The molecule has 10 nitrogen and oxygen atoms in total. The summed E-state index contributed by atoms with van der Waals surface area (Å²) in [6.07, 6.45) is 3.71. The van der Waals surface area contributed by atoms with Gasteiger partial charge in [-0.3, -0.25) is 30.5 Å². The number of hydroxylamine groups is 2. The van der Waals surface area contributed by atoms with E-state index in [2.05, 4.69) is 32.6 Å². The predicted molar refractivity (Wildman–Crippen MR) is 107 cm³/mol. The fraction of sp³-hybridized carbons (Fsp3) is 0.684. The van der Waals surface area contributed by atoms with Crippen LogP contribution < -0.4 is 10.9 Å². The van der Waals surface area contributed by atoms with E-state index >= 15 is 0 Å². The quantitative estimate of drug-likeness (QED) is 0.204. The number of aryl methyl sites for hydroxylation is 1. The minimum Gasteiger partial charge on any atom is -0.379 e. The number of unbranched alkanes of at least 4 members (excludes halogenated alkanes) is 2. The van der Waals surface area contributed by atoms with Gasteiger partial charge < -0.3 is 4.74 Å². The molecule has 162 valence electrons. The van der Waals surface area contributed by atoms with Crippen molar-refractivity contribution in [2.75, 3.05) is 38.3 Å². The van der Waals surface area contributed by atoms with E-state index in [1.807, 2.05) is 13.0 Å². The second-order valence-corrected chi connectivity index (χ2v) is 7.25. The van der Waals surface area contributed by atoms with Crippen LogP contribution in [0.15, 0.2) is 6.07 Å². The van der Waals surface area contributed by atoms with Gasteiger partial charge in [0.25, 0.3) is 0 Å². The second kappa shape index (κ2) is 12.3. The summed E-state index contributed by atoms with van der Waals surface area (Å²) in [4.78, 5) is 34.3. The number of amides is 2. The van der Waals surface area contributed by atoms with E-state index in [9.17, 15) is 14.8 Å². The summed E-state index contributed by atoms with van der Waals surface area (Å²) in [7, 11) is 0. The molecule has 0 aliphatic carbocycles. The Labute approximate surface area is 171 Å². The summed E-state index contributed by atoms with van der Waals surface area (Å²) in [5, 5.41) is 9.97. The topological polar surface area (TPSA) is 120 Å². The van der Waals surface area contributed by atoms with E-state index < -0.39 is 5.92 Å². The lowest BCUT2D eigenvalue weighted by Crippen LogP contribution is -2.40. The van der Waals surface area contributed by atoms with Crippen LogP contribution >= 0.6 is 0 Å². The Morgan fingerprint density at radius 1 is 1.38 bits per heavy atom. The highest BCUT2D eigenvalue weighted by atomic mass is 16.5. The molecule has 0 radical (unpaired) electrons. The maximum atomic E-state index is 12.5. The molecule has 0 unspecified atom stereocenters. The van der Waals surface area contributed by atoms with Crippen LogP contribution in [0.3, 0.4) is 0 Å². The highest BCUT2D eigenvalue weighted by Crippen LogP contribution is 2.12. The van der Waals surface area contributed by atoms with Crippen molar-refractivity contribution in [1.82, 2.24) is 25.4 Å². The van der Waals surface area contributed by atoms with Crippen LogP contribution in [-0.2, 0) is 20.9 Å². The van der Waals surface area contributed by atoms with Crippen molar-refractivity contribution in [3.8, 4) is 0 Å². The standard InChI is InChI=1S/C19H32N6O4/c1-3-4-5-6-16(12-25(28)14-26)18(27)22-23-19-20-15(2)11-17(21-19)13-24-7-9-29-10-8-24/h11,14,16,28H,3-10,12-13H2,1-2H3,(H,22,27)(H,20,21,23)/t16-/m0/s1. The number of rotatable bonds is 12. The fourth-order valence-corrected chi connectivity index (χ4v) is 3.19. The maximum absolute atomic E-state index is 12.5. The molecule has 2 amide bonds. The van der Waals surface area contributed by atoms with Crippen LogP contribution in [0.2, 0.25) is 0 Å². The van der Waals surface area contributed by atoms with Crippen molar-refractivity contribution in [1.29, 1.82) is 0 Å². The summed E-state index contributed by atoms with van der Waals surface area (Å²) in [6, 6.07) is 1.92. The molecule has 1 aromatic rings. The van der Waals surface area contributed by atoms with Crippen molar-refractivity contribution in [2.24, 2.45) is 5.92 Å². The Bertz CT molecular complexity index is 654. The van der Waals surface area contributed by atoms with Gasteiger partial charge in [-0.2, -0.15) is 0 Å². The number of morpholine rings is 1. The van der Waals surface area contributed by atoms with Gasteiger partial charge in [-0.25, -0.2) is 15.0 Å². The molecule has 0 bridgehead atoms. The summed E-state index contributed by atoms with van der Waals surface area (Å²) < 4.78 is 5.37. The molecule has 1 aliphatic rings. The van der Waals surface area contributed by atoms with Crippen molar-refractivity contribution in [2.45, 2.75) is 46.1 Å². The number of hydrazine groups is 1. The molecule has 2 rings (SSSR count). The number of nitrogens with one attached hydrogen (secondary N) is 2. The first-order chi connectivity index (χ1) is 14.0. The molecule has 1 atom stereocenters. The average molecular weight is 409 g/mol. The van der Waals surface area contributed by atoms with Crippen LogP contribution in [-0.4, -0.2) is 70.3 Å². The molecule has 0 saturated carbocycles. The van der Waals surface area contributed by atoms with Gasteiger partial charge in [-0.15, -0.1) is 0 Å². The number of anilines is 1. The molecule has 29 heavy (non-hydrogen) atoms. The monoisotopic (exact) mass is 408 g/mol. The lowest BCUT2D eigenvalue weighted by molar-refractivity contribution is -0.154. The van der Waals surface area contributed by atoms with E-state index in [0.717, 1.165) is 43.7 Å². The minimum atomic E-state index is -0.526. The number of hydrogen-bond acceptors (Lipinski definition) is 8. The summed E-state index contributed by atoms with van der Waals surface area (Å²) in [5.74, 6) is -0.533. The van der Waals surface area contributed by atoms with Gasteiger partial charge in [0, 0.05) is 25.3 Å². The molecule has 10 heteroatoms. The third-order valence-electron chi connectivity index (χ3n) is 4.75. The highest BCUT2D eigenvalue weighted by Gasteiger charge is 2.21. The van der Waals surface area contributed by atoms with Gasteiger partial charge in [0.05, 0.1) is 31.4 Å². The smallest absolute Gasteiger partial charge is 0.243 e. The minimum absolute atomic E-state index is 0.0579. The second-order valence-electron chi connectivity index (χ2n) is 7.25. The van der Waals surface area contributed by atoms with E-state index in [-0.39, 0.29) is 12.5 Å². The highest BCUT2D eigenvalue weighted by molar-refractivity contribution is 5.80. The number of carbonyl (C=O) groups is 2. The molecule has 0 aromatic carbocycles. The Morgan fingerprint density at radius 3 is 2.83 bits per heavy atom. The predicted octanol–water partition coefficient (Wildman–Crippen LogP) is 1.10. The molecule has 1 saturated heterocycles.